The Morgan fingerprint density at radius 2 is 2.00 bits per heavy atom. The van der Waals surface area contributed by atoms with Crippen LogP contribution in [0.2, 0.25) is 0 Å². The van der Waals surface area contributed by atoms with Crippen LogP contribution in [0, 0.1) is 11.8 Å². The van der Waals surface area contributed by atoms with Gasteiger partial charge in [-0.25, -0.2) is 4.79 Å². The van der Waals surface area contributed by atoms with Gasteiger partial charge in [0.2, 0.25) is 0 Å². The second-order valence-electron chi connectivity index (χ2n) is 3.99. The molecule has 16 heavy (non-hydrogen) atoms. The number of hydrogen-bond donors (Lipinski definition) is 0. The SMILES string of the molecule is COC(=O)C#Cc1ccc(C2CCC2)cc1. The van der Waals surface area contributed by atoms with Crippen LogP contribution in [-0.4, -0.2) is 13.1 Å². The van der Waals surface area contributed by atoms with Crippen molar-refractivity contribution >= 4 is 5.97 Å². The third kappa shape index (κ3) is 2.43. The summed E-state index contributed by atoms with van der Waals surface area (Å²) in [5.41, 5.74) is 2.24. The van der Waals surface area contributed by atoms with E-state index >= 15 is 0 Å². The van der Waals surface area contributed by atoms with Gasteiger partial charge < -0.3 is 4.74 Å². The van der Waals surface area contributed by atoms with Gasteiger partial charge in [0.1, 0.15) is 0 Å². The van der Waals surface area contributed by atoms with Crippen LogP contribution in [-0.2, 0) is 9.53 Å². The third-order valence-corrected chi connectivity index (χ3v) is 2.98. The molecule has 82 valence electrons. The second kappa shape index (κ2) is 4.85. The first-order valence-corrected chi connectivity index (χ1v) is 5.49. The molecule has 0 aliphatic heterocycles. The van der Waals surface area contributed by atoms with Gasteiger partial charge >= 0.3 is 5.97 Å². The Balaban J connectivity index is 2.06. The van der Waals surface area contributed by atoms with Crippen molar-refractivity contribution in [2.24, 2.45) is 0 Å². The van der Waals surface area contributed by atoms with Crippen LogP contribution >= 0.6 is 0 Å². The van der Waals surface area contributed by atoms with Gasteiger partial charge in [-0.05, 0) is 36.5 Å². The van der Waals surface area contributed by atoms with E-state index in [1.165, 1.54) is 31.9 Å². The minimum absolute atomic E-state index is 0.497. The molecule has 0 unspecified atom stereocenters. The fraction of sp³-hybridized carbons (Fsp3) is 0.357. The van der Waals surface area contributed by atoms with E-state index in [1.54, 1.807) is 0 Å². The Morgan fingerprint density at radius 3 is 2.50 bits per heavy atom. The summed E-state index contributed by atoms with van der Waals surface area (Å²) in [6, 6.07) is 8.13. The van der Waals surface area contributed by atoms with Crippen LogP contribution in [0.4, 0.5) is 0 Å². The molecule has 0 bridgehead atoms. The summed E-state index contributed by atoms with van der Waals surface area (Å²) in [5, 5.41) is 0. The van der Waals surface area contributed by atoms with Crippen LogP contribution < -0.4 is 0 Å². The Kier molecular flexibility index (Phi) is 3.26. The number of ether oxygens (including phenoxy) is 1. The first kappa shape index (κ1) is 10.8. The van der Waals surface area contributed by atoms with Gasteiger partial charge in [-0.2, -0.15) is 0 Å². The summed E-state index contributed by atoms with van der Waals surface area (Å²) >= 11 is 0. The van der Waals surface area contributed by atoms with Gasteiger partial charge in [0.05, 0.1) is 7.11 Å². The number of esters is 1. The van der Waals surface area contributed by atoms with E-state index < -0.39 is 5.97 Å². The van der Waals surface area contributed by atoms with Crippen molar-refractivity contribution < 1.29 is 9.53 Å². The first-order chi connectivity index (χ1) is 7.79. The van der Waals surface area contributed by atoms with E-state index in [1.807, 2.05) is 12.1 Å². The normalized spacial score (nSPS) is 14.6. The lowest BCUT2D eigenvalue weighted by Crippen LogP contribution is -2.08. The molecule has 1 fully saturated rings. The molecule has 0 saturated heterocycles. The summed E-state index contributed by atoms with van der Waals surface area (Å²) < 4.78 is 4.45. The Bertz CT molecular complexity index is 430. The average Bonchev–Trinajstić information content (AvgIpc) is 2.25. The summed E-state index contributed by atoms with van der Waals surface area (Å²) in [6.45, 7) is 0. The van der Waals surface area contributed by atoms with Crippen LogP contribution in [0.3, 0.4) is 0 Å². The molecule has 1 aromatic carbocycles. The van der Waals surface area contributed by atoms with E-state index in [0.717, 1.165) is 11.5 Å². The van der Waals surface area contributed by atoms with Crippen molar-refractivity contribution in [3.8, 4) is 11.8 Å². The molecule has 0 heterocycles. The van der Waals surface area contributed by atoms with Gasteiger partial charge in [-0.1, -0.05) is 24.5 Å². The molecule has 2 heteroatoms. The summed E-state index contributed by atoms with van der Waals surface area (Å²) in [7, 11) is 1.33. The topological polar surface area (TPSA) is 26.3 Å². The molecule has 0 radical (unpaired) electrons. The highest BCUT2D eigenvalue weighted by Crippen LogP contribution is 2.36. The van der Waals surface area contributed by atoms with Crippen LogP contribution in [0.1, 0.15) is 36.3 Å². The van der Waals surface area contributed by atoms with Crippen LogP contribution in [0.5, 0.6) is 0 Å². The van der Waals surface area contributed by atoms with E-state index in [-0.39, 0.29) is 0 Å². The molecule has 0 aromatic heterocycles. The number of methoxy groups -OCH3 is 1. The maximum atomic E-state index is 10.8. The standard InChI is InChI=1S/C14H14O2/c1-16-14(15)10-7-11-5-8-13(9-6-11)12-3-2-4-12/h5-6,8-9,12H,2-4H2,1H3. The second-order valence-corrected chi connectivity index (χ2v) is 3.99. The van der Waals surface area contributed by atoms with Crippen molar-refractivity contribution in [2.75, 3.05) is 7.11 Å². The van der Waals surface area contributed by atoms with E-state index in [2.05, 4.69) is 28.7 Å². The zero-order valence-corrected chi connectivity index (χ0v) is 9.32. The number of hydrogen-bond acceptors (Lipinski definition) is 2. The molecule has 0 atom stereocenters. The highest BCUT2D eigenvalue weighted by molar-refractivity contribution is 5.88. The van der Waals surface area contributed by atoms with Crippen molar-refractivity contribution in [3.05, 3.63) is 35.4 Å². The minimum atomic E-state index is -0.497. The van der Waals surface area contributed by atoms with E-state index in [4.69, 9.17) is 0 Å². The number of carbonyl (C=O) groups is 1. The summed E-state index contributed by atoms with van der Waals surface area (Å²) in [4.78, 5) is 10.8. The van der Waals surface area contributed by atoms with Gasteiger partial charge in [-0.3, -0.25) is 0 Å². The van der Waals surface area contributed by atoms with Gasteiger partial charge in [0.25, 0.3) is 0 Å². The van der Waals surface area contributed by atoms with Crippen molar-refractivity contribution in [3.63, 3.8) is 0 Å². The quantitative estimate of drug-likeness (QED) is 0.530. The van der Waals surface area contributed by atoms with E-state index in [9.17, 15) is 4.79 Å². The Morgan fingerprint density at radius 1 is 1.31 bits per heavy atom. The summed E-state index contributed by atoms with van der Waals surface area (Å²) in [5.74, 6) is 5.43. The molecule has 1 saturated carbocycles. The fourth-order valence-electron chi connectivity index (χ4n) is 1.75. The Labute approximate surface area is 95.6 Å². The molecule has 0 spiro atoms. The monoisotopic (exact) mass is 214 g/mol. The molecular weight excluding hydrogens is 200 g/mol. The summed E-state index contributed by atoms with van der Waals surface area (Å²) in [6.07, 6.45) is 3.94. The van der Waals surface area contributed by atoms with Crippen molar-refractivity contribution in [1.29, 1.82) is 0 Å². The molecular formula is C14H14O2. The maximum Gasteiger partial charge on any atom is 0.384 e. The van der Waals surface area contributed by atoms with Crippen molar-refractivity contribution in [1.82, 2.24) is 0 Å². The maximum absolute atomic E-state index is 10.8. The van der Waals surface area contributed by atoms with Gasteiger partial charge in [-0.15, -0.1) is 0 Å². The number of carbonyl (C=O) groups excluding carboxylic acids is 1. The molecule has 2 rings (SSSR count). The zero-order chi connectivity index (χ0) is 11.4. The molecule has 1 aliphatic carbocycles. The fourth-order valence-corrected chi connectivity index (χ4v) is 1.75. The molecule has 0 N–H and O–H groups in total. The molecule has 1 aromatic rings. The highest BCUT2D eigenvalue weighted by Gasteiger charge is 2.18. The zero-order valence-electron chi connectivity index (χ0n) is 9.32. The average molecular weight is 214 g/mol. The molecule has 0 amide bonds. The van der Waals surface area contributed by atoms with Gasteiger partial charge in [0.15, 0.2) is 0 Å². The lowest BCUT2D eigenvalue weighted by Gasteiger charge is -2.25. The third-order valence-electron chi connectivity index (χ3n) is 2.98. The highest BCUT2D eigenvalue weighted by atomic mass is 16.5. The predicted molar refractivity (Wildman–Crippen MR) is 61.9 cm³/mol. The first-order valence-electron chi connectivity index (χ1n) is 5.49. The smallest absolute Gasteiger partial charge is 0.384 e. The van der Waals surface area contributed by atoms with Crippen molar-refractivity contribution in [2.45, 2.75) is 25.2 Å². The van der Waals surface area contributed by atoms with Gasteiger partial charge in [0, 0.05) is 11.5 Å². The number of rotatable bonds is 1. The largest absolute Gasteiger partial charge is 0.459 e. The number of benzene rings is 1. The van der Waals surface area contributed by atoms with E-state index in [0.29, 0.717) is 0 Å². The predicted octanol–water partition coefficient (Wildman–Crippen LogP) is 2.48. The van der Waals surface area contributed by atoms with Crippen LogP contribution in [0.25, 0.3) is 0 Å². The molecule has 2 nitrogen and oxygen atoms in total. The lowest BCUT2D eigenvalue weighted by atomic mass is 9.80. The molecule has 1 aliphatic rings. The van der Waals surface area contributed by atoms with Crippen LogP contribution in [0.15, 0.2) is 24.3 Å². The Hall–Kier alpha value is -1.75. The lowest BCUT2D eigenvalue weighted by molar-refractivity contribution is -0.133. The minimum Gasteiger partial charge on any atom is -0.459 e.